The number of carbonyl (C=O) groups excluding carboxylic acids is 1. The largest absolute Gasteiger partial charge is 0.478 e. The number of amidine groups is 1. The van der Waals surface area contributed by atoms with Crippen LogP contribution in [0.3, 0.4) is 0 Å². The van der Waals surface area contributed by atoms with Gasteiger partial charge in [0.1, 0.15) is 5.84 Å². The van der Waals surface area contributed by atoms with Crippen molar-refractivity contribution >= 4 is 23.4 Å². The summed E-state index contributed by atoms with van der Waals surface area (Å²) in [5.74, 6) is -1.78. The molecule has 38 heavy (non-hydrogen) atoms. The van der Waals surface area contributed by atoms with Crippen molar-refractivity contribution in [2.75, 3.05) is 5.32 Å². The number of rotatable bonds is 6. The van der Waals surface area contributed by atoms with Crippen LogP contribution in [0.2, 0.25) is 0 Å². The van der Waals surface area contributed by atoms with Gasteiger partial charge in [-0.15, -0.1) is 0 Å². The van der Waals surface area contributed by atoms with Gasteiger partial charge in [-0.3, -0.25) is 10.2 Å². The zero-order chi connectivity index (χ0) is 27.0. The number of anilines is 1. The summed E-state index contributed by atoms with van der Waals surface area (Å²) < 4.78 is 0. The molecule has 190 valence electrons. The third-order valence-corrected chi connectivity index (χ3v) is 7.41. The van der Waals surface area contributed by atoms with Crippen LogP contribution >= 0.6 is 0 Å². The maximum atomic E-state index is 12.0. The Morgan fingerprint density at radius 3 is 2.34 bits per heavy atom. The predicted molar refractivity (Wildman–Crippen MR) is 149 cm³/mol. The van der Waals surface area contributed by atoms with Crippen LogP contribution in [0.25, 0.3) is 11.1 Å². The quantitative estimate of drug-likeness (QED) is 0.179. The van der Waals surface area contributed by atoms with Crippen LogP contribution in [0.5, 0.6) is 0 Å². The van der Waals surface area contributed by atoms with Crippen molar-refractivity contribution in [2.45, 2.75) is 24.8 Å². The highest BCUT2D eigenvalue weighted by molar-refractivity contribution is 6.01. The SMILES string of the molecule is C[C@]1(c2ccccc2)C[C@H](c2cccc(-c3ccc(C(N)=O)cc3C(=O)O)c2)Nc2ccc(C(=N)N)cc21. The molecule has 0 fully saturated rings. The van der Waals surface area contributed by atoms with Crippen LogP contribution in [0.15, 0.2) is 91.0 Å². The van der Waals surface area contributed by atoms with Gasteiger partial charge < -0.3 is 21.9 Å². The van der Waals surface area contributed by atoms with E-state index in [1.165, 1.54) is 6.07 Å². The molecule has 7 nitrogen and oxygen atoms in total. The Morgan fingerprint density at radius 2 is 1.66 bits per heavy atom. The van der Waals surface area contributed by atoms with E-state index in [1.807, 2.05) is 60.7 Å². The van der Waals surface area contributed by atoms with E-state index in [0.29, 0.717) is 11.1 Å². The van der Waals surface area contributed by atoms with E-state index >= 15 is 0 Å². The summed E-state index contributed by atoms with van der Waals surface area (Å²) in [5, 5.41) is 21.4. The molecule has 1 aliphatic rings. The molecule has 0 saturated heterocycles. The maximum absolute atomic E-state index is 12.0. The highest BCUT2D eigenvalue weighted by Crippen LogP contribution is 2.48. The van der Waals surface area contributed by atoms with Gasteiger partial charge in [-0.05, 0) is 70.6 Å². The Bertz CT molecular complexity index is 1580. The van der Waals surface area contributed by atoms with Crippen LogP contribution in [-0.2, 0) is 5.41 Å². The fourth-order valence-corrected chi connectivity index (χ4v) is 5.38. The molecule has 0 aromatic heterocycles. The standard InChI is InChI=1S/C31H28N4O3/c1-31(22-8-3-2-4-9-22)17-27(35-26-13-11-20(28(32)33)16-25(26)31)19-7-5-6-18(14-19)23-12-10-21(29(34)36)15-24(23)30(37)38/h2-16,27,35H,17H2,1H3,(H3,32,33)(H2,34,36)(H,37,38)/t27-,31-/m1/s1. The van der Waals surface area contributed by atoms with Crippen LogP contribution in [0.1, 0.15) is 62.4 Å². The molecular formula is C31H28N4O3. The molecule has 0 aliphatic carbocycles. The number of aromatic carboxylic acids is 1. The molecule has 4 aromatic carbocycles. The second-order valence-corrected chi connectivity index (χ2v) is 9.83. The molecule has 5 rings (SSSR count). The molecule has 1 amide bonds. The molecule has 2 atom stereocenters. The third-order valence-electron chi connectivity index (χ3n) is 7.41. The number of hydrogen-bond donors (Lipinski definition) is 5. The van der Waals surface area contributed by atoms with E-state index in [2.05, 4.69) is 24.4 Å². The van der Waals surface area contributed by atoms with Crippen molar-refractivity contribution in [3.8, 4) is 11.1 Å². The molecule has 0 unspecified atom stereocenters. The highest BCUT2D eigenvalue weighted by Gasteiger charge is 2.39. The number of benzene rings is 4. The Labute approximate surface area is 220 Å². The minimum atomic E-state index is -1.13. The summed E-state index contributed by atoms with van der Waals surface area (Å²) in [6.45, 7) is 2.20. The first-order valence-electron chi connectivity index (χ1n) is 12.3. The Balaban J connectivity index is 1.60. The number of nitrogen functional groups attached to an aromatic ring is 1. The van der Waals surface area contributed by atoms with Gasteiger partial charge in [0, 0.05) is 22.2 Å². The lowest BCUT2D eigenvalue weighted by atomic mass is 9.68. The van der Waals surface area contributed by atoms with Gasteiger partial charge in [-0.1, -0.05) is 61.5 Å². The normalized spacial score (nSPS) is 18.2. The topological polar surface area (TPSA) is 142 Å². The van der Waals surface area contributed by atoms with Crippen molar-refractivity contribution in [3.05, 3.63) is 124 Å². The van der Waals surface area contributed by atoms with Gasteiger partial charge >= 0.3 is 5.97 Å². The Hall–Kier alpha value is -4.91. The number of nitrogens with two attached hydrogens (primary N) is 2. The molecule has 0 saturated carbocycles. The monoisotopic (exact) mass is 504 g/mol. The number of nitrogens with one attached hydrogen (secondary N) is 2. The second kappa shape index (κ2) is 9.52. The number of carboxylic acid groups (broad SMARTS) is 1. The van der Waals surface area contributed by atoms with E-state index in [-0.39, 0.29) is 28.4 Å². The Kier molecular flexibility index (Phi) is 6.20. The summed E-state index contributed by atoms with van der Waals surface area (Å²) in [7, 11) is 0. The smallest absolute Gasteiger partial charge is 0.336 e. The molecule has 1 heterocycles. The van der Waals surface area contributed by atoms with E-state index in [0.717, 1.165) is 34.4 Å². The minimum Gasteiger partial charge on any atom is -0.478 e. The molecular weight excluding hydrogens is 476 g/mol. The molecule has 7 N–H and O–H groups in total. The first-order chi connectivity index (χ1) is 18.2. The van der Waals surface area contributed by atoms with Gasteiger partial charge in [0.25, 0.3) is 0 Å². The summed E-state index contributed by atoms with van der Waals surface area (Å²) in [5.41, 5.74) is 17.1. The van der Waals surface area contributed by atoms with Crippen molar-refractivity contribution in [3.63, 3.8) is 0 Å². The number of carbonyl (C=O) groups is 2. The molecule has 7 heteroatoms. The fourth-order valence-electron chi connectivity index (χ4n) is 5.38. The van der Waals surface area contributed by atoms with Gasteiger partial charge in [0.2, 0.25) is 5.91 Å². The molecule has 4 aromatic rings. The lowest BCUT2D eigenvalue weighted by Gasteiger charge is -2.42. The molecule has 1 aliphatic heterocycles. The van der Waals surface area contributed by atoms with E-state index in [9.17, 15) is 14.7 Å². The maximum Gasteiger partial charge on any atom is 0.336 e. The number of hydrogen-bond acceptors (Lipinski definition) is 4. The highest BCUT2D eigenvalue weighted by atomic mass is 16.4. The third kappa shape index (κ3) is 4.39. The van der Waals surface area contributed by atoms with Gasteiger partial charge in [-0.2, -0.15) is 0 Å². The van der Waals surface area contributed by atoms with Crippen LogP contribution in [0, 0.1) is 5.41 Å². The predicted octanol–water partition coefficient (Wildman–Crippen LogP) is 5.30. The van der Waals surface area contributed by atoms with Crippen molar-refractivity contribution in [1.82, 2.24) is 0 Å². The van der Waals surface area contributed by atoms with E-state index in [1.54, 1.807) is 12.1 Å². The summed E-state index contributed by atoms with van der Waals surface area (Å²) >= 11 is 0. The first-order valence-corrected chi connectivity index (χ1v) is 12.3. The van der Waals surface area contributed by atoms with Crippen molar-refractivity contribution < 1.29 is 14.7 Å². The number of amides is 1. The van der Waals surface area contributed by atoms with Crippen molar-refractivity contribution in [2.24, 2.45) is 11.5 Å². The number of primary amides is 1. The molecule has 0 radical (unpaired) electrons. The summed E-state index contributed by atoms with van der Waals surface area (Å²) in [4.78, 5) is 23.6. The second-order valence-electron chi connectivity index (χ2n) is 9.83. The minimum absolute atomic E-state index is 0.0197. The first kappa shape index (κ1) is 24.8. The lowest BCUT2D eigenvalue weighted by molar-refractivity contribution is 0.0697. The van der Waals surface area contributed by atoms with Gasteiger partial charge in [-0.25, -0.2) is 4.79 Å². The molecule has 0 bridgehead atoms. The zero-order valence-electron chi connectivity index (χ0n) is 20.9. The van der Waals surface area contributed by atoms with E-state index < -0.39 is 11.9 Å². The zero-order valence-corrected chi connectivity index (χ0v) is 20.9. The summed E-state index contributed by atoms with van der Waals surface area (Å²) in [6, 6.07) is 28.3. The van der Waals surface area contributed by atoms with Gasteiger partial charge in [0.15, 0.2) is 0 Å². The van der Waals surface area contributed by atoms with Crippen molar-refractivity contribution in [1.29, 1.82) is 5.41 Å². The summed E-state index contributed by atoms with van der Waals surface area (Å²) in [6.07, 6.45) is 0.723. The molecule has 0 spiro atoms. The van der Waals surface area contributed by atoms with Crippen LogP contribution in [0.4, 0.5) is 5.69 Å². The van der Waals surface area contributed by atoms with E-state index in [4.69, 9.17) is 16.9 Å². The van der Waals surface area contributed by atoms with Crippen LogP contribution < -0.4 is 16.8 Å². The average Bonchev–Trinajstić information content (AvgIpc) is 2.93. The lowest BCUT2D eigenvalue weighted by Crippen LogP contribution is -2.35. The number of carboxylic acids is 1. The van der Waals surface area contributed by atoms with Crippen LogP contribution in [-0.4, -0.2) is 22.8 Å². The average molecular weight is 505 g/mol. The number of fused-ring (bicyclic) bond motifs is 1. The Morgan fingerprint density at radius 1 is 0.921 bits per heavy atom. The fraction of sp³-hybridized carbons (Fsp3) is 0.129. The van der Waals surface area contributed by atoms with Gasteiger partial charge in [0.05, 0.1) is 11.6 Å².